The molecule has 136 valence electrons. The maximum absolute atomic E-state index is 12.2. The molecule has 0 saturated heterocycles. The minimum Gasteiger partial charge on any atom is -0.272 e. The summed E-state index contributed by atoms with van der Waals surface area (Å²) in [7, 11) is 0. The Hall–Kier alpha value is -4.06. The van der Waals surface area contributed by atoms with E-state index in [4.69, 9.17) is 0 Å². The standard InChI is InChI=1S/C22H17N5O/c28-22(27-24-15-19-8-4-5-13-23-19)21-14-20(25-26-21)18-11-9-17(10-12-18)16-6-2-1-3-7-16/h1-15H,(H,25,26)(H,27,28)/b24-15-. The van der Waals surface area contributed by atoms with E-state index in [9.17, 15) is 4.79 Å². The number of H-pyrrole nitrogens is 1. The Morgan fingerprint density at radius 3 is 2.36 bits per heavy atom. The number of carbonyl (C=O) groups excluding carboxylic acids is 1. The van der Waals surface area contributed by atoms with Gasteiger partial charge in [0.2, 0.25) is 0 Å². The minimum atomic E-state index is -0.369. The zero-order chi connectivity index (χ0) is 19.2. The largest absolute Gasteiger partial charge is 0.289 e. The van der Waals surface area contributed by atoms with E-state index < -0.39 is 0 Å². The van der Waals surface area contributed by atoms with E-state index in [1.54, 1.807) is 18.3 Å². The lowest BCUT2D eigenvalue weighted by molar-refractivity contribution is 0.0950. The van der Waals surface area contributed by atoms with Crippen molar-refractivity contribution in [3.63, 3.8) is 0 Å². The molecule has 0 spiro atoms. The summed E-state index contributed by atoms with van der Waals surface area (Å²) in [6.07, 6.45) is 3.14. The first kappa shape index (κ1) is 17.4. The molecule has 0 atom stereocenters. The molecule has 0 radical (unpaired) electrons. The van der Waals surface area contributed by atoms with Crippen molar-refractivity contribution >= 4 is 12.1 Å². The van der Waals surface area contributed by atoms with Crippen molar-refractivity contribution in [1.82, 2.24) is 20.6 Å². The Morgan fingerprint density at radius 2 is 1.61 bits per heavy atom. The molecule has 2 aromatic carbocycles. The number of benzene rings is 2. The van der Waals surface area contributed by atoms with Gasteiger partial charge in [0.15, 0.2) is 0 Å². The van der Waals surface area contributed by atoms with Crippen LogP contribution in [-0.4, -0.2) is 27.3 Å². The summed E-state index contributed by atoms with van der Waals surface area (Å²) in [5.41, 5.74) is 7.35. The normalized spacial score (nSPS) is 10.9. The number of rotatable bonds is 5. The number of hydrazone groups is 1. The number of pyridine rings is 1. The Bertz CT molecular complexity index is 1090. The molecule has 4 aromatic rings. The van der Waals surface area contributed by atoms with Gasteiger partial charge >= 0.3 is 0 Å². The first-order chi connectivity index (χ1) is 13.8. The molecule has 2 N–H and O–H groups in total. The van der Waals surface area contributed by atoms with E-state index in [0.717, 1.165) is 16.7 Å². The molecular formula is C22H17N5O. The Morgan fingerprint density at radius 1 is 0.893 bits per heavy atom. The molecule has 6 heteroatoms. The van der Waals surface area contributed by atoms with E-state index in [2.05, 4.69) is 37.8 Å². The van der Waals surface area contributed by atoms with Gasteiger partial charge in [0.1, 0.15) is 5.69 Å². The lowest BCUT2D eigenvalue weighted by Crippen LogP contribution is -2.18. The predicted octanol–water partition coefficient (Wildman–Crippen LogP) is 3.90. The van der Waals surface area contributed by atoms with Crippen LogP contribution < -0.4 is 5.43 Å². The monoisotopic (exact) mass is 367 g/mol. The number of amides is 1. The zero-order valence-electron chi connectivity index (χ0n) is 14.9. The molecule has 0 fully saturated rings. The maximum Gasteiger partial charge on any atom is 0.289 e. The van der Waals surface area contributed by atoms with Gasteiger partial charge < -0.3 is 0 Å². The highest BCUT2D eigenvalue weighted by Crippen LogP contribution is 2.24. The number of aromatic nitrogens is 3. The lowest BCUT2D eigenvalue weighted by atomic mass is 10.0. The average molecular weight is 367 g/mol. The Kier molecular flexibility index (Phi) is 5.02. The first-order valence-corrected chi connectivity index (χ1v) is 8.75. The highest BCUT2D eigenvalue weighted by Gasteiger charge is 2.10. The second-order valence-corrected chi connectivity index (χ2v) is 6.06. The number of carbonyl (C=O) groups is 1. The van der Waals surface area contributed by atoms with Crippen LogP contribution in [-0.2, 0) is 0 Å². The van der Waals surface area contributed by atoms with Crippen LogP contribution in [0.4, 0.5) is 0 Å². The zero-order valence-corrected chi connectivity index (χ0v) is 14.9. The fraction of sp³-hybridized carbons (Fsp3) is 0. The molecule has 1 amide bonds. The fourth-order valence-electron chi connectivity index (χ4n) is 2.72. The van der Waals surface area contributed by atoms with Crippen LogP contribution >= 0.6 is 0 Å². The van der Waals surface area contributed by atoms with E-state index in [0.29, 0.717) is 17.1 Å². The van der Waals surface area contributed by atoms with Gasteiger partial charge in [0, 0.05) is 11.8 Å². The highest BCUT2D eigenvalue weighted by atomic mass is 16.2. The van der Waals surface area contributed by atoms with Gasteiger partial charge in [-0.2, -0.15) is 10.2 Å². The molecule has 0 bridgehead atoms. The number of aromatic amines is 1. The quantitative estimate of drug-likeness (QED) is 0.414. The molecule has 0 saturated carbocycles. The first-order valence-electron chi connectivity index (χ1n) is 8.75. The van der Waals surface area contributed by atoms with E-state index in [1.807, 2.05) is 54.6 Å². The van der Waals surface area contributed by atoms with Gasteiger partial charge in [-0.3, -0.25) is 14.9 Å². The van der Waals surface area contributed by atoms with Crippen molar-refractivity contribution in [2.45, 2.75) is 0 Å². The maximum atomic E-state index is 12.2. The number of nitrogens with zero attached hydrogens (tertiary/aromatic N) is 3. The smallest absolute Gasteiger partial charge is 0.272 e. The lowest BCUT2D eigenvalue weighted by Gasteiger charge is -2.02. The van der Waals surface area contributed by atoms with Crippen LogP contribution in [0.5, 0.6) is 0 Å². The van der Waals surface area contributed by atoms with Gasteiger partial charge in [-0.15, -0.1) is 0 Å². The van der Waals surface area contributed by atoms with E-state index in [-0.39, 0.29) is 5.91 Å². The number of hydrogen-bond donors (Lipinski definition) is 2. The van der Waals surface area contributed by atoms with Crippen LogP contribution in [0.1, 0.15) is 16.2 Å². The van der Waals surface area contributed by atoms with Crippen molar-refractivity contribution in [2.24, 2.45) is 5.10 Å². The summed E-state index contributed by atoms with van der Waals surface area (Å²) in [5.74, 6) is -0.369. The van der Waals surface area contributed by atoms with Crippen LogP contribution in [0.2, 0.25) is 0 Å². The summed E-state index contributed by atoms with van der Waals surface area (Å²) in [4.78, 5) is 16.3. The molecule has 0 aliphatic heterocycles. The van der Waals surface area contributed by atoms with Crippen molar-refractivity contribution in [3.05, 3.63) is 96.4 Å². The fourth-order valence-corrected chi connectivity index (χ4v) is 2.72. The number of hydrogen-bond acceptors (Lipinski definition) is 4. The molecule has 2 aromatic heterocycles. The van der Waals surface area contributed by atoms with E-state index >= 15 is 0 Å². The SMILES string of the molecule is O=C(N/N=C\c1ccccn1)c1cc(-c2ccc(-c3ccccc3)cc2)n[nH]1. The second kappa shape index (κ2) is 8.09. The number of nitrogens with one attached hydrogen (secondary N) is 2. The van der Waals surface area contributed by atoms with Gasteiger partial charge in [0.25, 0.3) is 5.91 Å². The van der Waals surface area contributed by atoms with Crippen molar-refractivity contribution in [2.75, 3.05) is 0 Å². The topological polar surface area (TPSA) is 83.0 Å². The molecule has 4 rings (SSSR count). The minimum absolute atomic E-state index is 0.334. The average Bonchev–Trinajstić information content (AvgIpc) is 3.26. The van der Waals surface area contributed by atoms with Gasteiger partial charge in [0.05, 0.1) is 17.6 Å². The van der Waals surface area contributed by atoms with Crippen LogP contribution in [0, 0.1) is 0 Å². The van der Waals surface area contributed by atoms with Crippen LogP contribution in [0.25, 0.3) is 22.4 Å². The summed E-state index contributed by atoms with van der Waals surface area (Å²) in [6.45, 7) is 0. The molecule has 28 heavy (non-hydrogen) atoms. The van der Waals surface area contributed by atoms with Crippen LogP contribution in [0.3, 0.4) is 0 Å². The van der Waals surface area contributed by atoms with Crippen molar-refractivity contribution < 1.29 is 4.79 Å². The third-order valence-electron chi connectivity index (χ3n) is 4.16. The van der Waals surface area contributed by atoms with Crippen molar-refractivity contribution in [1.29, 1.82) is 0 Å². The molecular weight excluding hydrogens is 350 g/mol. The van der Waals surface area contributed by atoms with Gasteiger partial charge in [-0.1, -0.05) is 60.7 Å². The third kappa shape index (κ3) is 4.02. The summed E-state index contributed by atoms with van der Waals surface area (Å²) < 4.78 is 0. The predicted molar refractivity (Wildman–Crippen MR) is 109 cm³/mol. The molecule has 0 aliphatic carbocycles. The summed E-state index contributed by atoms with van der Waals surface area (Å²) in [5, 5.41) is 10.9. The molecule has 2 heterocycles. The summed E-state index contributed by atoms with van der Waals surface area (Å²) >= 11 is 0. The third-order valence-corrected chi connectivity index (χ3v) is 4.16. The highest BCUT2D eigenvalue weighted by molar-refractivity contribution is 5.94. The van der Waals surface area contributed by atoms with Gasteiger partial charge in [-0.25, -0.2) is 5.43 Å². The molecule has 6 nitrogen and oxygen atoms in total. The van der Waals surface area contributed by atoms with Gasteiger partial charge in [-0.05, 0) is 29.3 Å². The van der Waals surface area contributed by atoms with E-state index in [1.165, 1.54) is 6.21 Å². The summed E-state index contributed by atoms with van der Waals surface area (Å²) in [6, 6.07) is 25.4. The molecule has 0 unspecified atom stereocenters. The Labute approximate surface area is 162 Å². The Balaban J connectivity index is 1.44. The van der Waals surface area contributed by atoms with Crippen LogP contribution in [0.15, 0.2) is 90.2 Å². The second-order valence-electron chi connectivity index (χ2n) is 6.06. The molecule has 0 aliphatic rings. The van der Waals surface area contributed by atoms with Crippen molar-refractivity contribution in [3.8, 4) is 22.4 Å².